The van der Waals surface area contributed by atoms with Crippen LogP contribution in [0.2, 0.25) is 0 Å². The molecule has 0 bridgehead atoms. The van der Waals surface area contributed by atoms with Gasteiger partial charge in [-0.3, -0.25) is 0 Å². The minimum atomic E-state index is 0.0351. The van der Waals surface area contributed by atoms with Gasteiger partial charge in [0.1, 0.15) is 22.6 Å². The summed E-state index contributed by atoms with van der Waals surface area (Å²) in [5.74, 6) is 0.262. The number of nitrogens with two attached hydrogens (primary N) is 1. The van der Waals surface area contributed by atoms with Crippen LogP contribution in [0.15, 0.2) is 0 Å². The molecule has 76 valence electrons. The van der Waals surface area contributed by atoms with E-state index in [2.05, 4.69) is 4.98 Å². The van der Waals surface area contributed by atoms with Gasteiger partial charge in [0.15, 0.2) is 0 Å². The second kappa shape index (κ2) is 4.12. The summed E-state index contributed by atoms with van der Waals surface area (Å²) in [4.78, 5) is 2.65. The molecule has 0 aliphatic heterocycles. The van der Waals surface area contributed by atoms with E-state index in [4.69, 9.17) is 28.5 Å². The first kappa shape index (κ1) is 11.2. The number of nitrogens with one attached hydrogen (secondary N) is 1. The van der Waals surface area contributed by atoms with Crippen LogP contribution >= 0.6 is 12.2 Å². The van der Waals surface area contributed by atoms with Gasteiger partial charge < -0.3 is 10.7 Å². The highest BCUT2D eigenvalue weighted by molar-refractivity contribution is 7.71. The van der Waals surface area contributed by atoms with Crippen LogP contribution in [0.5, 0.6) is 0 Å². The predicted octanol–water partition coefficient (Wildman–Crippen LogP) is 2.19. The van der Waals surface area contributed by atoms with Crippen molar-refractivity contribution in [2.45, 2.75) is 19.8 Å². The lowest BCUT2D eigenvalue weighted by molar-refractivity contribution is 0.853. The molecule has 0 unspecified atom stereocenters. The lowest BCUT2D eigenvalue weighted by atomic mass is 9.94. The number of pyridine rings is 1. The van der Waals surface area contributed by atoms with Crippen LogP contribution in [0.25, 0.3) is 0 Å². The van der Waals surface area contributed by atoms with Crippen LogP contribution in [0.1, 0.15) is 36.5 Å². The summed E-state index contributed by atoms with van der Waals surface area (Å²) in [6.45, 7) is 3.79. The van der Waals surface area contributed by atoms with Gasteiger partial charge in [0, 0.05) is 0 Å². The van der Waals surface area contributed by atoms with Crippen molar-refractivity contribution in [2.75, 3.05) is 5.73 Å². The quantitative estimate of drug-likeness (QED) is 0.707. The fourth-order valence-corrected chi connectivity index (χ4v) is 1.71. The van der Waals surface area contributed by atoms with Crippen molar-refractivity contribution in [1.82, 2.24) is 4.98 Å². The smallest absolute Gasteiger partial charge is 0.123 e. The molecule has 1 heterocycles. The fourth-order valence-electron chi connectivity index (χ4n) is 1.45. The molecule has 0 fully saturated rings. The molecule has 0 aliphatic rings. The van der Waals surface area contributed by atoms with E-state index in [-0.39, 0.29) is 16.4 Å². The molecule has 0 amide bonds. The Kier molecular flexibility index (Phi) is 3.08. The molecule has 1 rings (SSSR count). The summed E-state index contributed by atoms with van der Waals surface area (Å²) in [7, 11) is 0. The normalized spacial score (nSPS) is 9.67. The van der Waals surface area contributed by atoms with E-state index in [1.54, 1.807) is 0 Å². The number of hydrogen-bond acceptors (Lipinski definition) is 4. The Morgan fingerprint density at radius 2 is 1.80 bits per heavy atom. The zero-order chi connectivity index (χ0) is 11.6. The van der Waals surface area contributed by atoms with Gasteiger partial charge in [0.25, 0.3) is 0 Å². The van der Waals surface area contributed by atoms with Gasteiger partial charge >= 0.3 is 0 Å². The second-order valence-corrected chi connectivity index (χ2v) is 3.82. The Morgan fingerprint density at radius 3 is 2.20 bits per heavy atom. The van der Waals surface area contributed by atoms with Gasteiger partial charge in [-0.1, -0.05) is 26.1 Å². The third kappa shape index (κ3) is 1.83. The Morgan fingerprint density at radius 1 is 1.27 bits per heavy atom. The Hall–Kier alpha value is -1.85. The minimum Gasteiger partial charge on any atom is -0.384 e. The molecular weight excluding hydrogens is 208 g/mol. The lowest BCUT2D eigenvalue weighted by Crippen LogP contribution is -2.05. The number of rotatable bonds is 1. The average Bonchev–Trinajstić information content (AvgIpc) is 2.16. The minimum absolute atomic E-state index is 0.0351. The summed E-state index contributed by atoms with van der Waals surface area (Å²) in [5, 5.41) is 17.9. The molecular formula is C10H10N4S. The third-order valence-electron chi connectivity index (χ3n) is 2.08. The Balaban J connectivity index is 3.79. The number of aromatic amines is 1. The molecule has 1 aromatic rings. The standard InChI is InChI=1S/C10H10N4S/c1-5(2)8-6(3-11)9(13)14-10(15)7(8)4-12/h5H,1-2H3,(H3,13,14,15). The van der Waals surface area contributed by atoms with Crippen molar-refractivity contribution >= 4 is 18.0 Å². The highest BCUT2D eigenvalue weighted by Crippen LogP contribution is 2.26. The van der Waals surface area contributed by atoms with Gasteiger partial charge in [0.2, 0.25) is 0 Å². The van der Waals surface area contributed by atoms with E-state index in [9.17, 15) is 0 Å². The Bertz CT molecular complexity index is 528. The van der Waals surface area contributed by atoms with Crippen molar-refractivity contribution in [3.8, 4) is 12.1 Å². The summed E-state index contributed by atoms with van der Waals surface area (Å²) in [6.07, 6.45) is 0. The number of anilines is 1. The van der Waals surface area contributed by atoms with Gasteiger partial charge in [0.05, 0.1) is 11.1 Å². The number of nitrogens with zero attached hydrogens (tertiary/aromatic N) is 2. The van der Waals surface area contributed by atoms with Crippen LogP contribution in [-0.4, -0.2) is 4.98 Å². The van der Waals surface area contributed by atoms with Crippen molar-refractivity contribution in [2.24, 2.45) is 0 Å². The largest absolute Gasteiger partial charge is 0.384 e. The first-order valence-corrected chi connectivity index (χ1v) is 4.79. The predicted molar refractivity (Wildman–Crippen MR) is 59.6 cm³/mol. The molecule has 3 N–H and O–H groups in total. The van der Waals surface area contributed by atoms with Gasteiger partial charge in [-0.25, -0.2) is 0 Å². The van der Waals surface area contributed by atoms with Gasteiger partial charge in [-0.05, 0) is 11.5 Å². The van der Waals surface area contributed by atoms with Crippen molar-refractivity contribution in [1.29, 1.82) is 10.5 Å². The average molecular weight is 218 g/mol. The van der Waals surface area contributed by atoms with Crippen LogP contribution in [-0.2, 0) is 0 Å². The Labute approximate surface area is 93.0 Å². The number of nitrogen functional groups attached to an aromatic ring is 1. The number of aromatic nitrogens is 1. The SMILES string of the molecule is CC(C)c1c(C#N)c(N)[nH]c(=S)c1C#N. The van der Waals surface area contributed by atoms with Crippen molar-refractivity contribution in [3.05, 3.63) is 21.3 Å². The maximum Gasteiger partial charge on any atom is 0.123 e. The summed E-state index contributed by atoms with van der Waals surface area (Å²) < 4.78 is 0.290. The number of nitriles is 2. The number of hydrogen-bond donors (Lipinski definition) is 2. The molecule has 0 radical (unpaired) electrons. The van der Waals surface area contributed by atoms with E-state index < -0.39 is 0 Å². The molecule has 0 atom stereocenters. The van der Waals surface area contributed by atoms with E-state index >= 15 is 0 Å². The van der Waals surface area contributed by atoms with E-state index in [1.165, 1.54) is 0 Å². The number of H-pyrrole nitrogens is 1. The van der Waals surface area contributed by atoms with E-state index in [1.807, 2.05) is 26.0 Å². The molecule has 0 saturated carbocycles. The van der Waals surface area contributed by atoms with Crippen molar-refractivity contribution in [3.63, 3.8) is 0 Å². The zero-order valence-corrected chi connectivity index (χ0v) is 9.27. The molecule has 1 aromatic heterocycles. The van der Waals surface area contributed by atoms with Crippen molar-refractivity contribution < 1.29 is 0 Å². The van der Waals surface area contributed by atoms with Crippen LogP contribution in [0.3, 0.4) is 0 Å². The van der Waals surface area contributed by atoms with Crippen LogP contribution in [0.4, 0.5) is 5.82 Å². The summed E-state index contributed by atoms with van der Waals surface area (Å²) in [5.41, 5.74) is 6.92. The second-order valence-electron chi connectivity index (χ2n) is 3.41. The lowest BCUT2D eigenvalue weighted by Gasteiger charge is -2.11. The first-order chi connectivity index (χ1) is 7.02. The zero-order valence-electron chi connectivity index (χ0n) is 8.46. The van der Waals surface area contributed by atoms with Crippen LogP contribution in [0, 0.1) is 27.3 Å². The summed E-state index contributed by atoms with van der Waals surface area (Å²) >= 11 is 4.99. The topological polar surface area (TPSA) is 89.4 Å². The third-order valence-corrected chi connectivity index (χ3v) is 2.39. The monoisotopic (exact) mass is 218 g/mol. The molecule has 0 saturated heterocycles. The molecule has 0 spiro atoms. The van der Waals surface area contributed by atoms with E-state index in [0.717, 1.165) is 0 Å². The summed E-state index contributed by atoms with van der Waals surface area (Å²) in [6, 6.07) is 4.00. The highest BCUT2D eigenvalue weighted by atomic mass is 32.1. The van der Waals surface area contributed by atoms with Crippen LogP contribution < -0.4 is 5.73 Å². The van der Waals surface area contributed by atoms with E-state index in [0.29, 0.717) is 16.7 Å². The molecule has 4 nitrogen and oxygen atoms in total. The highest BCUT2D eigenvalue weighted by Gasteiger charge is 2.16. The molecule has 0 aliphatic carbocycles. The maximum absolute atomic E-state index is 8.97. The first-order valence-electron chi connectivity index (χ1n) is 4.38. The fraction of sp³-hybridized carbons (Fsp3) is 0.300. The molecule has 0 aromatic carbocycles. The molecule has 15 heavy (non-hydrogen) atoms. The molecule has 5 heteroatoms. The maximum atomic E-state index is 8.97. The van der Waals surface area contributed by atoms with Gasteiger partial charge in [-0.2, -0.15) is 10.5 Å². The van der Waals surface area contributed by atoms with Gasteiger partial charge in [-0.15, -0.1) is 0 Å².